The molecule has 0 radical (unpaired) electrons. The summed E-state index contributed by atoms with van der Waals surface area (Å²) in [4.78, 5) is 12.0. The predicted molar refractivity (Wildman–Crippen MR) is 82.0 cm³/mol. The number of carbonyl (C=O) groups is 1. The molecular formula is C16H23FN2O2. The van der Waals surface area contributed by atoms with Crippen LogP contribution in [0.2, 0.25) is 0 Å². The van der Waals surface area contributed by atoms with Crippen LogP contribution in [0.15, 0.2) is 36.2 Å². The van der Waals surface area contributed by atoms with E-state index in [4.69, 9.17) is 10.5 Å². The molecule has 0 aliphatic heterocycles. The molecule has 0 aliphatic rings. The first-order valence-corrected chi connectivity index (χ1v) is 6.85. The van der Waals surface area contributed by atoms with E-state index in [9.17, 15) is 9.18 Å². The minimum atomic E-state index is -0.450. The normalized spacial score (nSPS) is 13.7. The molecule has 1 aromatic rings. The molecule has 0 unspecified atom stereocenters. The Balaban J connectivity index is 2.72. The summed E-state index contributed by atoms with van der Waals surface area (Å²) >= 11 is 0. The first kappa shape index (κ1) is 17.2. The first-order chi connectivity index (χ1) is 9.76. The summed E-state index contributed by atoms with van der Waals surface area (Å²) in [5.74, 6) is 0.413. The molecule has 0 heterocycles. The second-order valence-electron chi connectivity index (χ2n) is 5.88. The van der Waals surface area contributed by atoms with E-state index < -0.39 is 6.10 Å². The number of benzene rings is 1. The number of nitrogens with two attached hydrogens (primary N) is 1. The lowest BCUT2D eigenvalue weighted by molar-refractivity contribution is 0.0919. The van der Waals surface area contributed by atoms with Crippen LogP contribution < -0.4 is 15.8 Å². The van der Waals surface area contributed by atoms with Crippen molar-refractivity contribution in [3.05, 3.63) is 41.7 Å². The maximum Gasteiger partial charge on any atom is 0.251 e. The molecule has 1 atom stereocenters. The van der Waals surface area contributed by atoms with Crippen LogP contribution in [0.5, 0.6) is 5.75 Å². The Morgan fingerprint density at radius 3 is 2.38 bits per heavy atom. The number of ether oxygens (including phenoxy) is 1. The zero-order valence-electron chi connectivity index (χ0n) is 12.9. The van der Waals surface area contributed by atoms with Crippen molar-refractivity contribution in [2.45, 2.75) is 39.3 Å². The number of hydrogen-bond donors (Lipinski definition) is 2. The van der Waals surface area contributed by atoms with Gasteiger partial charge in [0.15, 0.2) is 0 Å². The van der Waals surface area contributed by atoms with Gasteiger partial charge in [0.2, 0.25) is 0 Å². The van der Waals surface area contributed by atoms with Crippen molar-refractivity contribution in [3.63, 3.8) is 0 Å². The fraction of sp³-hybridized carbons (Fsp3) is 0.438. The van der Waals surface area contributed by atoms with Crippen molar-refractivity contribution in [2.24, 2.45) is 5.73 Å². The maximum absolute atomic E-state index is 12.6. The Morgan fingerprint density at radius 1 is 1.38 bits per heavy atom. The highest BCUT2D eigenvalue weighted by Crippen LogP contribution is 2.17. The van der Waals surface area contributed by atoms with Crippen molar-refractivity contribution in [1.82, 2.24) is 5.32 Å². The minimum absolute atomic E-state index is 0.101. The third-order valence-corrected chi connectivity index (χ3v) is 2.82. The quantitative estimate of drug-likeness (QED) is 0.877. The number of halogens is 1. The molecule has 1 rings (SSSR count). The van der Waals surface area contributed by atoms with E-state index >= 15 is 0 Å². The van der Waals surface area contributed by atoms with Gasteiger partial charge in [-0.3, -0.25) is 4.79 Å². The van der Waals surface area contributed by atoms with Gasteiger partial charge >= 0.3 is 0 Å². The second kappa shape index (κ2) is 7.22. The highest BCUT2D eigenvalue weighted by atomic mass is 19.1. The van der Waals surface area contributed by atoms with Gasteiger partial charge in [0, 0.05) is 23.2 Å². The molecule has 116 valence electrons. The van der Waals surface area contributed by atoms with Crippen LogP contribution in [0.4, 0.5) is 4.39 Å². The van der Waals surface area contributed by atoms with Gasteiger partial charge in [0.05, 0.1) is 6.33 Å². The molecule has 0 fully saturated rings. The fourth-order valence-electron chi connectivity index (χ4n) is 1.68. The Kier molecular flexibility index (Phi) is 5.90. The summed E-state index contributed by atoms with van der Waals surface area (Å²) in [6.07, 6.45) is 0.0183. The Bertz CT molecular complexity index is 504. The van der Waals surface area contributed by atoms with Gasteiger partial charge in [-0.05, 0) is 52.0 Å². The summed E-state index contributed by atoms with van der Waals surface area (Å²) in [7, 11) is 0. The highest BCUT2D eigenvalue weighted by molar-refractivity contribution is 5.94. The van der Waals surface area contributed by atoms with Crippen LogP contribution in [-0.2, 0) is 0 Å². The first-order valence-electron chi connectivity index (χ1n) is 6.85. The largest absolute Gasteiger partial charge is 0.486 e. The summed E-state index contributed by atoms with van der Waals surface area (Å²) < 4.78 is 18.1. The average Bonchev–Trinajstić information content (AvgIpc) is 2.39. The molecule has 0 saturated heterocycles. The van der Waals surface area contributed by atoms with Crippen LogP contribution in [0.25, 0.3) is 0 Å². The SMILES string of the molecule is C[C@H](Oc1ccc(C(=O)NC(C)(C)C)cc1)/C(=C/F)CN. The van der Waals surface area contributed by atoms with E-state index in [0.29, 0.717) is 23.2 Å². The summed E-state index contributed by atoms with van der Waals surface area (Å²) in [5, 5.41) is 2.88. The lowest BCUT2D eigenvalue weighted by atomic mass is 10.1. The molecule has 5 heteroatoms. The van der Waals surface area contributed by atoms with Crippen molar-refractivity contribution < 1.29 is 13.9 Å². The molecule has 0 aromatic heterocycles. The molecule has 0 saturated carbocycles. The van der Waals surface area contributed by atoms with Crippen LogP contribution in [-0.4, -0.2) is 24.1 Å². The van der Waals surface area contributed by atoms with E-state index in [1.54, 1.807) is 31.2 Å². The Morgan fingerprint density at radius 2 is 1.95 bits per heavy atom. The van der Waals surface area contributed by atoms with Crippen molar-refractivity contribution in [2.75, 3.05) is 6.54 Å². The van der Waals surface area contributed by atoms with E-state index in [0.717, 1.165) is 0 Å². The summed E-state index contributed by atoms with van der Waals surface area (Å²) in [5.41, 5.74) is 6.06. The lowest BCUT2D eigenvalue weighted by Gasteiger charge is -2.20. The van der Waals surface area contributed by atoms with Crippen LogP contribution in [0.3, 0.4) is 0 Å². The molecular weight excluding hydrogens is 271 g/mol. The Labute approximate surface area is 125 Å². The van der Waals surface area contributed by atoms with Gasteiger partial charge < -0.3 is 15.8 Å². The number of carbonyl (C=O) groups excluding carboxylic acids is 1. The van der Waals surface area contributed by atoms with E-state index in [1.165, 1.54) is 0 Å². The lowest BCUT2D eigenvalue weighted by Crippen LogP contribution is -2.40. The standard InChI is InChI=1S/C16H23FN2O2/c1-11(13(9-17)10-18)21-14-7-5-12(6-8-14)15(20)19-16(2,3)4/h5-9,11H,10,18H2,1-4H3,(H,19,20)/b13-9+/t11-/m0/s1. The van der Waals surface area contributed by atoms with Crippen LogP contribution >= 0.6 is 0 Å². The topological polar surface area (TPSA) is 64.3 Å². The zero-order valence-corrected chi connectivity index (χ0v) is 12.9. The number of rotatable bonds is 5. The second-order valence-corrected chi connectivity index (χ2v) is 5.88. The third-order valence-electron chi connectivity index (χ3n) is 2.82. The molecule has 0 bridgehead atoms. The van der Waals surface area contributed by atoms with Crippen LogP contribution in [0.1, 0.15) is 38.1 Å². The van der Waals surface area contributed by atoms with Gasteiger partial charge in [-0.15, -0.1) is 0 Å². The molecule has 0 aliphatic carbocycles. The average molecular weight is 294 g/mol. The monoisotopic (exact) mass is 294 g/mol. The number of nitrogens with one attached hydrogen (secondary N) is 1. The molecule has 4 nitrogen and oxygen atoms in total. The summed E-state index contributed by atoms with van der Waals surface area (Å²) in [6, 6.07) is 6.70. The molecule has 3 N–H and O–H groups in total. The van der Waals surface area contributed by atoms with Gasteiger partial charge in [-0.1, -0.05) is 0 Å². The third kappa shape index (κ3) is 5.55. The Hall–Kier alpha value is -1.88. The summed E-state index contributed by atoms with van der Waals surface area (Å²) in [6.45, 7) is 7.58. The highest BCUT2D eigenvalue weighted by Gasteiger charge is 2.15. The molecule has 0 spiro atoms. The fourth-order valence-corrected chi connectivity index (χ4v) is 1.68. The smallest absolute Gasteiger partial charge is 0.251 e. The van der Waals surface area contributed by atoms with Crippen molar-refractivity contribution in [3.8, 4) is 5.75 Å². The van der Waals surface area contributed by atoms with Gasteiger partial charge in [-0.2, -0.15) is 0 Å². The van der Waals surface area contributed by atoms with Gasteiger partial charge in [0.25, 0.3) is 5.91 Å². The van der Waals surface area contributed by atoms with Gasteiger partial charge in [-0.25, -0.2) is 4.39 Å². The maximum atomic E-state index is 12.6. The number of amides is 1. The van der Waals surface area contributed by atoms with Crippen molar-refractivity contribution >= 4 is 5.91 Å². The van der Waals surface area contributed by atoms with Gasteiger partial charge in [0.1, 0.15) is 11.9 Å². The van der Waals surface area contributed by atoms with Crippen molar-refractivity contribution in [1.29, 1.82) is 0 Å². The number of hydrogen-bond acceptors (Lipinski definition) is 3. The van der Waals surface area contributed by atoms with E-state index in [2.05, 4.69) is 5.32 Å². The van der Waals surface area contributed by atoms with E-state index in [-0.39, 0.29) is 18.0 Å². The van der Waals surface area contributed by atoms with Crippen LogP contribution in [0, 0.1) is 0 Å². The predicted octanol–water partition coefficient (Wildman–Crippen LogP) is 2.79. The zero-order chi connectivity index (χ0) is 16.0. The molecule has 21 heavy (non-hydrogen) atoms. The molecule has 1 aromatic carbocycles. The van der Waals surface area contributed by atoms with E-state index in [1.807, 2.05) is 20.8 Å². The molecule has 1 amide bonds. The minimum Gasteiger partial charge on any atom is -0.486 e.